The lowest BCUT2D eigenvalue weighted by atomic mass is 10.3. The Labute approximate surface area is 82.5 Å². The van der Waals surface area contributed by atoms with Gasteiger partial charge < -0.3 is 8.94 Å². The van der Waals surface area contributed by atoms with Crippen molar-refractivity contribution < 1.29 is 22.1 Å². The van der Waals surface area contributed by atoms with Gasteiger partial charge in [-0.1, -0.05) is 5.16 Å². The van der Waals surface area contributed by atoms with Gasteiger partial charge in [-0.25, -0.2) is 0 Å². The zero-order chi connectivity index (χ0) is 11.1. The van der Waals surface area contributed by atoms with Gasteiger partial charge in [0.2, 0.25) is 5.76 Å². The smallest absolute Gasteiger partial charge is 0.436 e. The maximum atomic E-state index is 12.2. The van der Waals surface area contributed by atoms with Crippen molar-refractivity contribution in [2.24, 2.45) is 0 Å². The molecule has 0 aliphatic heterocycles. The van der Waals surface area contributed by atoms with Gasteiger partial charge in [-0.05, 0) is 19.1 Å². The van der Waals surface area contributed by atoms with E-state index in [-0.39, 0.29) is 11.5 Å². The number of hydrogen-bond acceptors (Lipinski definition) is 3. The highest BCUT2D eigenvalue weighted by Gasteiger charge is 2.35. The molecule has 0 fully saturated rings. The molecule has 0 amide bonds. The molecule has 2 heterocycles. The quantitative estimate of drug-likeness (QED) is 0.735. The molecule has 80 valence electrons. The summed E-state index contributed by atoms with van der Waals surface area (Å²) in [6, 6.07) is 3.96. The van der Waals surface area contributed by atoms with E-state index in [1.807, 2.05) is 0 Å². The number of rotatable bonds is 1. The first-order valence-electron chi connectivity index (χ1n) is 4.07. The number of nitrogens with zero attached hydrogens (tertiary/aromatic N) is 1. The van der Waals surface area contributed by atoms with Crippen molar-refractivity contribution >= 4 is 0 Å². The molecule has 0 aliphatic rings. The third kappa shape index (κ3) is 1.88. The van der Waals surface area contributed by atoms with Crippen molar-refractivity contribution in [2.45, 2.75) is 13.1 Å². The summed E-state index contributed by atoms with van der Waals surface area (Å²) in [6.45, 7) is 1.69. The number of aromatic nitrogens is 1. The Morgan fingerprint density at radius 1 is 1.20 bits per heavy atom. The lowest BCUT2D eigenvalue weighted by Crippen LogP contribution is -2.04. The first kappa shape index (κ1) is 9.82. The third-order valence-electron chi connectivity index (χ3n) is 1.78. The fourth-order valence-corrected chi connectivity index (χ4v) is 1.09. The zero-order valence-corrected chi connectivity index (χ0v) is 7.63. The van der Waals surface area contributed by atoms with E-state index in [4.69, 9.17) is 4.42 Å². The predicted molar refractivity (Wildman–Crippen MR) is 43.9 cm³/mol. The number of hydrogen-bond donors (Lipinski definition) is 0. The summed E-state index contributed by atoms with van der Waals surface area (Å²) < 4.78 is 46.1. The molecule has 0 radical (unpaired) electrons. The van der Waals surface area contributed by atoms with Crippen molar-refractivity contribution in [3.8, 4) is 11.5 Å². The summed E-state index contributed by atoms with van der Waals surface area (Å²) in [7, 11) is 0. The minimum absolute atomic E-state index is 0.0320. The van der Waals surface area contributed by atoms with Gasteiger partial charge >= 0.3 is 6.18 Å². The number of halogens is 3. The summed E-state index contributed by atoms with van der Waals surface area (Å²) in [5.74, 6) is 0.792. The van der Waals surface area contributed by atoms with Crippen LogP contribution in [0.5, 0.6) is 0 Å². The lowest BCUT2D eigenvalue weighted by molar-refractivity contribution is -0.142. The van der Waals surface area contributed by atoms with Crippen LogP contribution in [-0.2, 0) is 6.18 Å². The SMILES string of the molecule is Cc1ccc(-c2cc(C(F)(F)F)no2)o1. The van der Waals surface area contributed by atoms with Crippen LogP contribution in [0.3, 0.4) is 0 Å². The molecular formula is C9H6F3NO2. The Bertz CT molecular complexity index is 470. The van der Waals surface area contributed by atoms with E-state index in [0.29, 0.717) is 5.76 Å². The fraction of sp³-hybridized carbons (Fsp3) is 0.222. The molecule has 2 aromatic heterocycles. The molecule has 0 spiro atoms. The van der Waals surface area contributed by atoms with E-state index < -0.39 is 11.9 Å². The first-order chi connectivity index (χ1) is 6.97. The van der Waals surface area contributed by atoms with E-state index in [1.54, 1.807) is 13.0 Å². The van der Waals surface area contributed by atoms with Crippen LogP contribution in [0.2, 0.25) is 0 Å². The molecule has 0 saturated heterocycles. The topological polar surface area (TPSA) is 39.2 Å². The summed E-state index contributed by atoms with van der Waals surface area (Å²) in [6.07, 6.45) is -4.50. The van der Waals surface area contributed by atoms with Crippen LogP contribution in [0, 0.1) is 6.92 Å². The lowest BCUT2D eigenvalue weighted by Gasteiger charge is -1.97. The van der Waals surface area contributed by atoms with E-state index >= 15 is 0 Å². The van der Waals surface area contributed by atoms with Crippen molar-refractivity contribution in [2.75, 3.05) is 0 Å². The van der Waals surface area contributed by atoms with Crippen LogP contribution in [0.25, 0.3) is 11.5 Å². The van der Waals surface area contributed by atoms with Crippen molar-refractivity contribution in [1.29, 1.82) is 0 Å². The number of aryl methyl sites for hydroxylation is 1. The van der Waals surface area contributed by atoms with Crippen LogP contribution < -0.4 is 0 Å². The molecule has 6 heteroatoms. The summed E-state index contributed by atoms with van der Waals surface area (Å²) in [5, 5.41) is 2.91. The second-order valence-corrected chi connectivity index (χ2v) is 2.98. The zero-order valence-electron chi connectivity index (χ0n) is 7.63. The number of alkyl halides is 3. The molecule has 3 nitrogen and oxygen atoms in total. The first-order valence-corrected chi connectivity index (χ1v) is 4.07. The van der Waals surface area contributed by atoms with Crippen LogP contribution in [0.15, 0.2) is 27.1 Å². The molecule has 0 bridgehead atoms. The molecule has 0 N–H and O–H groups in total. The van der Waals surface area contributed by atoms with Crippen LogP contribution >= 0.6 is 0 Å². The minimum atomic E-state index is -4.50. The Morgan fingerprint density at radius 2 is 1.93 bits per heavy atom. The highest BCUT2D eigenvalue weighted by molar-refractivity contribution is 5.50. The highest BCUT2D eigenvalue weighted by Crippen LogP contribution is 2.31. The predicted octanol–water partition coefficient (Wildman–Crippen LogP) is 3.26. The standard InChI is InChI=1S/C9H6F3NO2/c1-5-2-3-6(14-5)7-4-8(13-15-7)9(10,11)12/h2-4H,1H3. The second kappa shape index (κ2) is 3.15. The van der Waals surface area contributed by atoms with Gasteiger partial charge in [0.25, 0.3) is 0 Å². The summed E-state index contributed by atoms with van der Waals surface area (Å²) in [4.78, 5) is 0. The Kier molecular flexibility index (Phi) is 2.06. The molecule has 0 aromatic carbocycles. The molecule has 2 rings (SSSR count). The Hall–Kier alpha value is -1.72. The van der Waals surface area contributed by atoms with Gasteiger partial charge in [-0.15, -0.1) is 0 Å². The molecule has 2 aromatic rings. The molecular weight excluding hydrogens is 211 g/mol. The average Bonchev–Trinajstić information content (AvgIpc) is 2.69. The van der Waals surface area contributed by atoms with E-state index in [0.717, 1.165) is 6.07 Å². The van der Waals surface area contributed by atoms with E-state index in [1.165, 1.54) is 6.07 Å². The normalized spacial score (nSPS) is 12.0. The van der Waals surface area contributed by atoms with Crippen LogP contribution in [0.4, 0.5) is 13.2 Å². The molecule has 15 heavy (non-hydrogen) atoms. The van der Waals surface area contributed by atoms with E-state index in [9.17, 15) is 13.2 Å². The average molecular weight is 217 g/mol. The van der Waals surface area contributed by atoms with Gasteiger partial charge in [0.1, 0.15) is 5.76 Å². The largest absolute Gasteiger partial charge is 0.458 e. The highest BCUT2D eigenvalue weighted by atomic mass is 19.4. The summed E-state index contributed by atoms with van der Waals surface area (Å²) in [5.41, 5.74) is -1.06. The second-order valence-electron chi connectivity index (χ2n) is 2.98. The van der Waals surface area contributed by atoms with Crippen LogP contribution in [-0.4, -0.2) is 5.16 Å². The van der Waals surface area contributed by atoms with Gasteiger partial charge in [-0.3, -0.25) is 0 Å². The van der Waals surface area contributed by atoms with Gasteiger partial charge in [0, 0.05) is 6.07 Å². The maximum absolute atomic E-state index is 12.2. The minimum Gasteiger partial charge on any atom is -0.458 e. The Morgan fingerprint density at radius 3 is 2.40 bits per heavy atom. The summed E-state index contributed by atoms with van der Waals surface area (Å²) >= 11 is 0. The fourth-order valence-electron chi connectivity index (χ4n) is 1.09. The number of furan rings is 1. The molecule has 0 atom stereocenters. The van der Waals surface area contributed by atoms with Gasteiger partial charge in [-0.2, -0.15) is 13.2 Å². The molecule has 0 aliphatic carbocycles. The van der Waals surface area contributed by atoms with Gasteiger partial charge in [0.05, 0.1) is 0 Å². The monoisotopic (exact) mass is 217 g/mol. The third-order valence-corrected chi connectivity index (χ3v) is 1.78. The van der Waals surface area contributed by atoms with Gasteiger partial charge in [0.15, 0.2) is 11.5 Å². The van der Waals surface area contributed by atoms with Crippen molar-refractivity contribution in [3.63, 3.8) is 0 Å². The van der Waals surface area contributed by atoms with Crippen molar-refractivity contribution in [3.05, 3.63) is 29.7 Å². The Balaban J connectivity index is 2.36. The van der Waals surface area contributed by atoms with Crippen LogP contribution in [0.1, 0.15) is 11.5 Å². The van der Waals surface area contributed by atoms with E-state index in [2.05, 4.69) is 9.68 Å². The maximum Gasteiger partial charge on any atom is 0.436 e. The van der Waals surface area contributed by atoms with Crippen molar-refractivity contribution in [1.82, 2.24) is 5.16 Å². The molecule has 0 saturated carbocycles. The molecule has 0 unspecified atom stereocenters.